The molecule has 14 heavy (non-hydrogen) atoms. The fraction of sp³-hybridized carbons (Fsp3) is 0.182. The summed E-state index contributed by atoms with van der Waals surface area (Å²) in [4.78, 5) is 11.3. The first-order valence-corrected chi connectivity index (χ1v) is 5.42. The zero-order valence-electron chi connectivity index (χ0n) is 7.71. The third-order valence-electron chi connectivity index (χ3n) is 2.07. The van der Waals surface area contributed by atoms with Crippen LogP contribution in [0.25, 0.3) is 11.0 Å². The highest BCUT2D eigenvalue weighted by atomic mass is 79.9. The summed E-state index contributed by atoms with van der Waals surface area (Å²) in [6, 6.07) is 7.64. The van der Waals surface area contributed by atoms with Crippen LogP contribution in [-0.2, 0) is 0 Å². The Bertz CT molecular complexity index is 485. The molecule has 0 unspecified atom stereocenters. The molecule has 0 atom stereocenters. The first kappa shape index (κ1) is 9.46. The number of benzene rings is 1. The predicted molar refractivity (Wildman–Crippen MR) is 59.1 cm³/mol. The van der Waals surface area contributed by atoms with E-state index in [1.54, 1.807) is 6.07 Å². The van der Waals surface area contributed by atoms with Crippen molar-refractivity contribution >= 4 is 32.7 Å². The van der Waals surface area contributed by atoms with Crippen LogP contribution in [0.4, 0.5) is 0 Å². The van der Waals surface area contributed by atoms with Crippen LogP contribution in [-0.4, -0.2) is 11.1 Å². The Morgan fingerprint density at radius 3 is 2.93 bits per heavy atom. The molecule has 0 saturated carbocycles. The van der Waals surface area contributed by atoms with E-state index in [0.29, 0.717) is 11.1 Å². The van der Waals surface area contributed by atoms with Crippen LogP contribution in [0.1, 0.15) is 16.1 Å². The number of carbonyl (C=O) groups is 1. The predicted octanol–water partition coefficient (Wildman–Crippen LogP) is 3.32. The van der Waals surface area contributed by atoms with Crippen molar-refractivity contribution < 1.29 is 9.21 Å². The highest BCUT2D eigenvalue weighted by Crippen LogP contribution is 2.21. The van der Waals surface area contributed by atoms with Gasteiger partial charge in [0.2, 0.25) is 5.78 Å². The first-order valence-electron chi connectivity index (χ1n) is 4.30. The highest BCUT2D eigenvalue weighted by molar-refractivity contribution is 9.09. The molecule has 2 aromatic rings. The Balaban J connectivity index is 2.56. The molecule has 2 nitrogen and oxygen atoms in total. The molecule has 3 heteroatoms. The molecule has 0 bridgehead atoms. The van der Waals surface area contributed by atoms with Gasteiger partial charge in [0.05, 0.1) is 5.33 Å². The number of hydrogen-bond acceptors (Lipinski definition) is 2. The van der Waals surface area contributed by atoms with Gasteiger partial charge in [-0.3, -0.25) is 4.79 Å². The van der Waals surface area contributed by atoms with E-state index >= 15 is 0 Å². The van der Waals surface area contributed by atoms with E-state index in [1.165, 1.54) is 0 Å². The number of Topliss-reactive ketones (excluding diaryl/α,β-unsaturated/α-hetero) is 1. The average molecular weight is 253 g/mol. The average Bonchev–Trinajstić information content (AvgIpc) is 2.59. The maximum atomic E-state index is 11.3. The Morgan fingerprint density at radius 1 is 1.43 bits per heavy atom. The van der Waals surface area contributed by atoms with E-state index in [1.807, 2.05) is 25.1 Å². The Hall–Kier alpha value is -1.09. The van der Waals surface area contributed by atoms with Gasteiger partial charge in [-0.25, -0.2) is 0 Å². The second-order valence-corrected chi connectivity index (χ2v) is 3.77. The van der Waals surface area contributed by atoms with Crippen LogP contribution in [0.2, 0.25) is 0 Å². The lowest BCUT2D eigenvalue weighted by atomic mass is 10.2. The summed E-state index contributed by atoms with van der Waals surface area (Å²) in [5.74, 6) is 0.390. The molecule has 72 valence electrons. The van der Waals surface area contributed by atoms with Crippen LogP contribution in [0.15, 0.2) is 28.7 Å². The number of alkyl halides is 1. The number of furan rings is 1. The number of carbonyl (C=O) groups excluding carboxylic acids is 1. The lowest BCUT2D eigenvalue weighted by molar-refractivity contribution is 0.0995. The van der Waals surface area contributed by atoms with Crippen molar-refractivity contribution in [2.24, 2.45) is 0 Å². The van der Waals surface area contributed by atoms with Crippen molar-refractivity contribution in [2.75, 3.05) is 5.33 Å². The maximum Gasteiger partial charge on any atom is 0.208 e. The van der Waals surface area contributed by atoms with Crippen LogP contribution < -0.4 is 0 Å². The number of ketones is 1. The zero-order valence-corrected chi connectivity index (χ0v) is 9.30. The molecule has 0 aliphatic carbocycles. The standard InChI is InChI=1S/C11H9BrO2/c1-7-2-3-10-8(4-7)5-11(14-10)9(13)6-12/h2-5H,6H2,1H3. The summed E-state index contributed by atoms with van der Waals surface area (Å²) < 4.78 is 5.40. The van der Waals surface area contributed by atoms with Crippen molar-refractivity contribution in [3.8, 4) is 0 Å². The summed E-state index contributed by atoms with van der Waals surface area (Å²) in [5.41, 5.74) is 1.93. The van der Waals surface area contributed by atoms with E-state index in [4.69, 9.17) is 4.42 Å². The minimum absolute atomic E-state index is 0.0288. The summed E-state index contributed by atoms with van der Waals surface area (Å²) in [6.07, 6.45) is 0. The molecule has 0 radical (unpaired) electrons. The molecule has 0 amide bonds. The van der Waals surface area contributed by atoms with E-state index in [2.05, 4.69) is 15.9 Å². The Labute approximate surface area is 90.0 Å². The molecule has 0 N–H and O–H groups in total. The molecule has 0 aliphatic heterocycles. The summed E-state index contributed by atoms with van der Waals surface area (Å²) in [5, 5.41) is 1.28. The van der Waals surface area contributed by atoms with Gasteiger partial charge in [0, 0.05) is 5.39 Å². The minimum Gasteiger partial charge on any atom is -0.453 e. The van der Waals surface area contributed by atoms with Crippen LogP contribution in [0, 0.1) is 6.92 Å². The summed E-state index contributed by atoms with van der Waals surface area (Å²) in [6.45, 7) is 2.01. The molecule has 0 fully saturated rings. The highest BCUT2D eigenvalue weighted by Gasteiger charge is 2.10. The van der Waals surface area contributed by atoms with E-state index in [0.717, 1.165) is 16.5 Å². The third-order valence-corrected chi connectivity index (χ3v) is 2.58. The van der Waals surface area contributed by atoms with Gasteiger partial charge in [-0.15, -0.1) is 0 Å². The molecule has 1 heterocycles. The normalized spacial score (nSPS) is 10.7. The number of halogens is 1. The third kappa shape index (κ3) is 1.60. The SMILES string of the molecule is Cc1ccc2oc(C(=O)CBr)cc2c1. The fourth-order valence-corrected chi connectivity index (χ4v) is 1.64. The Morgan fingerprint density at radius 2 is 2.21 bits per heavy atom. The fourth-order valence-electron chi connectivity index (χ4n) is 1.37. The van der Waals surface area contributed by atoms with E-state index < -0.39 is 0 Å². The van der Waals surface area contributed by atoms with Gasteiger partial charge in [0.15, 0.2) is 5.76 Å². The molecule has 0 spiro atoms. The van der Waals surface area contributed by atoms with Gasteiger partial charge in [-0.05, 0) is 25.1 Å². The molecule has 2 rings (SSSR count). The zero-order chi connectivity index (χ0) is 10.1. The van der Waals surface area contributed by atoms with Gasteiger partial charge >= 0.3 is 0 Å². The monoisotopic (exact) mass is 252 g/mol. The van der Waals surface area contributed by atoms with E-state index in [-0.39, 0.29) is 5.78 Å². The second kappa shape index (κ2) is 3.58. The first-order chi connectivity index (χ1) is 6.70. The summed E-state index contributed by atoms with van der Waals surface area (Å²) in [7, 11) is 0. The second-order valence-electron chi connectivity index (χ2n) is 3.21. The molecule has 1 aromatic heterocycles. The van der Waals surface area contributed by atoms with Gasteiger partial charge < -0.3 is 4.42 Å². The molecule has 0 aliphatic rings. The van der Waals surface area contributed by atoms with Gasteiger partial charge in [-0.2, -0.15) is 0 Å². The van der Waals surface area contributed by atoms with Gasteiger partial charge in [-0.1, -0.05) is 27.6 Å². The lowest BCUT2D eigenvalue weighted by Crippen LogP contribution is -1.96. The van der Waals surface area contributed by atoms with Crippen molar-refractivity contribution in [3.05, 3.63) is 35.6 Å². The van der Waals surface area contributed by atoms with Crippen molar-refractivity contribution in [3.63, 3.8) is 0 Å². The number of aryl methyl sites for hydroxylation is 1. The van der Waals surface area contributed by atoms with Crippen LogP contribution >= 0.6 is 15.9 Å². The molecule has 1 aromatic carbocycles. The molecular weight excluding hydrogens is 244 g/mol. The van der Waals surface area contributed by atoms with Crippen LogP contribution in [0.3, 0.4) is 0 Å². The lowest BCUT2D eigenvalue weighted by Gasteiger charge is -1.89. The van der Waals surface area contributed by atoms with Crippen LogP contribution in [0.5, 0.6) is 0 Å². The summed E-state index contributed by atoms with van der Waals surface area (Å²) >= 11 is 3.11. The number of hydrogen-bond donors (Lipinski definition) is 0. The molecule has 0 saturated heterocycles. The minimum atomic E-state index is -0.0288. The van der Waals surface area contributed by atoms with Crippen molar-refractivity contribution in [1.82, 2.24) is 0 Å². The van der Waals surface area contributed by atoms with Crippen molar-refractivity contribution in [1.29, 1.82) is 0 Å². The van der Waals surface area contributed by atoms with Gasteiger partial charge in [0.1, 0.15) is 5.58 Å². The Kier molecular flexibility index (Phi) is 2.42. The largest absolute Gasteiger partial charge is 0.453 e. The smallest absolute Gasteiger partial charge is 0.208 e. The quantitative estimate of drug-likeness (QED) is 0.607. The van der Waals surface area contributed by atoms with Gasteiger partial charge in [0.25, 0.3) is 0 Å². The maximum absolute atomic E-state index is 11.3. The van der Waals surface area contributed by atoms with Crippen molar-refractivity contribution in [2.45, 2.75) is 6.92 Å². The van der Waals surface area contributed by atoms with E-state index in [9.17, 15) is 4.79 Å². The topological polar surface area (TPSA) is 30.2 Å². The number of fused-ring (bicyclic) bond motifs is 1. The number of rotatable bonds is 2. The molecular formula is C11H9BrO2.